The maximum absolute atomic E-state index is 12.9. The Labute approximate surface area is 177 Å². The second kappa shape index (κ2) is 10.3. The second-order valence-electron chi connectivity index (χ2n) is 7.78. The summed E-state index contributed by atoms with van der Waals surface area (Å²) >= 11 is 0. The Morgan fingerprint density at radius 1 is 1.17 bits per heavy atom. The Morgan fingerprint density at radius 2 is 1.87 bits per heavy atom. The van der Waals surface area contributed by atoms with Gasteiger partial charge in [-0.1, -0.05) is 30.3 Å². The Hall–Kier alpha value is -2.86. The molecule has 160 valence electrons. The van der Waals surface area contributed by atoms with Crippen LogP contribution in [0.4, 0.5) is 0 Å². The van der Waals surface area contributed by atoms with E-state index in [0.717, 1.165) is 12.1 Å². The zero-order chi connectivity index (χ0) is 21.5. The van der Waals surface area contributed by atoms with E-state index in [0.29, 0.717) is 42.9 Å². The lowest BCUT2D eigenvalue weighted by Crippen LogP contribution is -2.22. The van der Waals surface area contributed by atoms with Crippen LogP contribution in [0.15, 0.2) is 42.5 Å². The van der Waals surface area contributed by atoms with Crippen molar-refractivity contribution in [2.45, 2.75) is 32.2 Å². The first kappa shape index (κ1) is 21.8. The van der Waals surface area contributed by atoms with Gasteiger partial charge in [0.2, 0.25) is 0 Å². The largest absolute Gasteiger partial charge is 0.493 e. The lowest BCUT2D eigenvalue weighted by molar-refractivity contribution is -0.138. The summed E-state index contributed by atoms with van der Waals surface area (Å²) in [7, 11) is 3.12. The summed E-state index contributed by atoms with van der Waals surface area (Å²) < 4.78 is 10.7. The Morgan fingerprint density at radius 3 is 2.53 bits per heavy atom. The zero-order valence-corrected chi connectivity index (χ0v) is 17.5. The number of carboxylic acids is 1. The van der Waals surface area contributed by atoms with Crippen molar-refractivity contribution in [3.05, 3.63) is 59.2 Å². The highest BCUT2D eigenvalue weighted by Gasteiger charge is 2.34. The van der Waals surface area contributed by atoms with Crippen molar-refractivity contribution in [2.24, 2.45) is 11.8 Å². The van der Waals surface area contributed by atoms with Crippen molar-refractivity contribution < 1.29 is 24.2 Å². The summed E-state index contributed by atoms with van der Waals surface area (Å²) in [5.41, 5.74) is 2.80. The van der Waals surface area contributed by atoms with Crippen LogP contribution in [-0.4, -0.2) is 37.6 Å². The van der Waals surface area contributed by atoms with Crippen LogP contribution in [0.1, 0.15) is 40.7 Å². The Kier molecular flexibility index (Phi) is 7.46. The third kappa shape index (κ3) is 5.39. The number of hydrogen-bond donors (Lipinski definition) is 2. The molecule has 0 aliphatic heterocycles. The molecule has 30 heavy (non-hydrogen) atoms. The molecule has 0 saturated carbocycles. The molecule has 0 amide bonds. The minimum Gasteiger partial charge on any atom is -0.493 e. The summed E-state index contributed by atoms with van der Waals surface area (Å²) in [5, 5.41) is 12.7. The van der Waals surface area contributed by atoms with E-state index in [1.165, 1.54) is 5.56 Å². The molecule has 2 unspecified atom stereocenters. The number of fused-ring (bicyclic) bond motifs is 1. The van der Waals surface area contributed by atoms with E-state index < -0.39 is 5.97 Å². The van der Waals surface area contributed by atoms with Crippen LogP contribution in [0.3, 0.4) is 0 Å². The number of carbonyl (C=O) groups is 2. The molecule has 6 nitrogen and oxygen atoms in total. The van der Waals surface area contributed by atoms with Gasteiger partial charge in [-0.25, -0.2) is 0 Å². The van der Waals surface area contributed by atoms with Gasteiger partial charge in [-0.15, -0.1) is 0 Å². The van der Waals surface area contributed by atoms with Gasteiger partial charge in [-0.3, -0.25) is 9.59 Å². The first-order valence-corrected chi connectivity index (χ1v) is 10.3. The number of carboxylic acid groups (broad SMARTS) is 1. The molecular formula is C24H29NO5. The Bertz CT molecular complexity index is 881. The highest BCUT2D eigenvalue weighted by molar-refractivity contribution is 6.03. The summed E-state index contributed by atoms with van der Waals surface area (Å²) in [6, 6.07) is 13.7. The number of aliphatic carboxylic acids is 1. The topological polar surface area (TPSA) is 84.9 Å². The third-order valence-electron chi connectivity index (χ3n) is 5.69. The average Bonchev–Trinajstić information content (AvgIpc) is 3.04. The molecule has 1 aliphatic carbocycles. The first-order chi connectivity index (χ1) is 14.5. The molecule has 0 radical (unpaired) electrons. The summed E-state index contributed by atoms with van der Waals surface area (Å²) in [6.45, 7) is 1.45. The predicted octanol–water partition coefficient (Wildman–Crippen LogP) is 3.72. The fourth-order valence-electron chi connectivity index (χ4n) is 4.18. The molecule has 2 aromatic rings. The highest BCUT2D eigenvalue weighted by Crippen LogP contribution is 2.39. The number of Topliss-reactive ketones (excluding diaryl/α,β-unsaturated/α-hetero) is 1. The number of benzene rings is 2. The summed E-state index contributed by atoms with van der Waals surface area (Å²) in [5.74, 6) is 0.135. The molecule has 2 atom stereocenters. The van der Waals surface area contributed by atoms with Gasteiger partial charge in [0.05, 0.1) is 14.2 Å². The van der Waals surface area contributed by atoms with Crippen molar-refractivity contribution in [1.82, 2.24) is 5.32 Å². The van der Waals surface area contributed by atoms with Gasteiger partial charge in [-0.2, -0.15) is 0 Å². The number of ketones is 1. The molecule has 6 heteroatoms. The third-order valence-corrected chi connectivity index (χ3v) is 5.69. The minimum atomic E-state index is -0.825. The number of rotatable bonds is 11. The maximum Gasteiger partial charge on any atom is 0.303 e. The van der Waals surface area contributed by atoms with E-state index in [1.54, 1.807) is 20.3 Å². The number of methoxy groups -OCH3 is 2. The number of nitrogens with one attached hydrogen (secondary N) is 1. The average molecular weight is 411 g/mol. The molecular weight excluding hydrogens is 382 g/mol. The lowest BCUT2D eigenvalue weighted by atomic mass is 9.87. The second-order valence-corrected chi connectivity index (χ2v) is 7.78. The summed E-state index contributed by atoms with van der Waals surface area (Å²) in [6.07, 6.45) is 1.96. The van der Waals surface area contributed by atoms with Crippen molar-refractivity contribution >= 4 is 11.8 Å². The van der Waals surface area contributed by atoms with E-state index in [2.05, 4.69) is 17.4 Å². The molecule has 2 N–H and O–H groups in total. The SMILES string of the molecule is COc1cc2c(cc1OC)C(=O)C(CC(CCNCc1ccccc1)CC(=O)O)C2. The molecule has 0 bridgehead atoms. The van der Waals surface area contributed by atoms with Crippen LogP contribution in [0.25, 0.3) is 0 Å². The first-order valence-electron chi connectivity index (χ1n) is 10.3. The fourth-order valence-corrected chi connectivity index (χ4v) is 4.18. The van der Waals surface area contributed by atoms with Crippen LogP contribution in [0.2, 0.25) is 0 Å². The molecule has 2 aromatic carbocycles. The van der Waals surface area contributed by atoms with E-state index in [-0.39, 0.29) is 24.0 Å². The maximum atomic E-state index is 12.9. The number of ether oxygens (including phenoxy) is 2. The smallest absolute Gasteiger partial charge is 0.303 e. The lowest BCUT2D eigenvalue weighted by Gasteiger charge is -2.18. The molecule has 0 saturated heterocycles. The summed E-state index contributed by atoms with van der Waals surface area (Å²) in [4.78, 5) is 24.3. The van der Waals surface area contributed by atoms with Gasteiger partial charge in [-0.05, 0) is 55.0 Å². The van der Waals surface area contributed by atoms with Crippen LogP contribution in [-0.2, 0) is 17.8 Å². The van der Waals surface area contributed by atoms with Crippen molar-refractivity contribution in [3.63, 3.8) is 0 Å². The minimum absolute atomic E-state index is 0.0576. The van der Waals surface area contributed by atoms with Crippen LogP contribution in [0.5, 0.6) is 11.5 Å². The van der Waals surface area contributed by atoms with Crippen molar-refractivity contribution in [3.8, 4) is 11.5 Å². The molecule has 0 heterocycles. The zero-order valence-electron chi connectivity index (χ0n) is 17.5. The van der Waals surface area contributed by atoms with Gasteiger partial charge in [0, 0.05) is 24.4 Å². The molecule has 0 spiro atoms. The van der Waals surface area contributed by atoms with Crippen LogP contribution in [0, 0.1) is 11.8 Å². The van der Waals surface area contributed by atoms with Crippen LogP contribution >= 0.6 is 0 Å². The van der Waals surface area contributed by atoms with Gasteiger partial charge in [0.25, 0.3) is 0 Å². The fraction of sp³-hybridized carbons (Fsp3) is 0.417. The van der Waals surface area contributed by atoms with Gasteiger partial charge < -0.3 is 19.9 Å². The van der Waals surface area contributed by atoms with E-state index >= 15 is 0 Å². The van der Waals surface area contributed by atoms with E-state index in [9.17, 15) is 14.7 Å². The normalized spacial score (nSPS) is 16.2. The van der Waals surface area contributed by atoms with Crippen LogP contribution < -0.4 is 14.8 Å². The predicted molar refractivity (Wildman–Crippen MR) is 114 cm³/mol. The monoisotopic (exact) mass is 411 g/mol. The molecule has 0 aromatic heterocycles. The van der Waals surface area contributed by atoms with E-state index in [1.807, 2.05) is 24.3 Å². The molecule has 3 rings (SSSR count). The quantitative estimate of drug-likeness (QED) is 0.548. The van der Waals surface area contributed by atoms with Gasteiger partial charge in [0.15, 0.2) is 17.3 Å². The van der Waals surface area contributed by atoms with E-state index in [4.69, 9.17) is 9.47 Å². The Balaban J connectivity index is 1.60. The molecule has 1 aliphatic rings. The highest BCUT2D eigenvalue weighted by atomic mass is 16.5. The van der Waals surface area contributed by atoms with Gasteiger partial charge in [0.1, 0.15) is 0 Å². The van der Waals surface area contributed by atoms with Gasteiger partial charge >= 0.3 is 5.97 Å². The number of hydrogen-bond acceptors (Lipinski definition) is 5. The molecule has 0 fully saturated rings. The van der Waals surface area contributed by atoms with Crippen molar-refractivity contribution in [1.29, 1.82) is 0 Å². The van der Waals surface area contributed by atoms with Crippen molar-refractivity contribution in [2.75, 3.05) is 20.8 Å². The standard InChI is InChI=1S/C24H29NO5/c1-29-21-13-18-12-19(24(28)20(18)14-22(21)30-2)10-17(11-23(26)27)8-9-25-15-16-6-4-3-5-7-16/h3-7,13-14,17,19,25H,8-12,15H2,1-2H3,(H,26,27). The number of carbonyl (C=O) groups excluding carboxylic acids is 1.